The van der Waals surface area contributed by atoms with Gasteiger partial charge in [0.2, 0.25) is 0 Å². The molecule has 0 aliphatic rings. The molecular weight excluding hydrogens is 428 g/mol. The van der Waals surface area contributed by atoms with Crippen molar-refractivity contribution in [2.75, 3.05) is 10.6 Å². The Bertz CT molecular complexity index is 1160. The summed E-state index contributed by atoms with van der Waals surface area (Å²) in [6.45, 7) is 0. The van der Waals surface area contributed by atoms with E-state index in [9.17, 15) is 14.4 Å². The Morgan fingerprint density at radius 1 is 0.781 bits per heavy atom. The number of nitrogens with zero attached hydrogens (tertiary/aromatic N) is 1. The van der Waals surface area contributed by atoms with E-state index >= 15 is 0 Å². The van der Waals surface area contributed by atoms with Crippen molar-refractivity contribution in [1.82, 2.24) is 5.43 Å². The maximum absolute atomic E-state index is 12.6. The molecule has 0 radical (unpaired) electrons. The van der Waals surface area contributed by atoms with Gasteiger partial charge in [-0.3, -0.25) is 14.4 Å². The van der Waals surface area contributed by atoms with Gasteiger partial charge in [0.05, 0.1) is 11.3 Å². The second kappa shape index (κ2) is 11.2. The fourth-order valence-electron chi connectivity index (χ4n) is 2.61. The van der Waals surface area contributed by atoms with Crippen LogP contribution in [0.15, 0.2) is 90.0 Å². The smallest absolute Gasteiger partial charge is 0.322 e. The van der Waals surface area contributed by atoms with Crippen LogP contribution in [0.4, 0.5) is 11.4 Å². The standard InChI is InChI=1S/C24H19ClN4O3/c25-18-12-14-19(15-13-18)27-22(30)20-10-4-5-11-21(20)28-23(31)24(32)29-26-16-6-9-17-7-2-1-3-8-17/h1-16H,(H,27,30)(H,28,31)(H,29,32). The van der Waals surface area contributed by atoms with Crippen molar-refractivity contribution in [2.24, 2.45) is 5.10 Å². The molecule has 0 aliphatic carbocycles. The molecule has 3 aromatic rings. The van der Waals surface area contributed by atoms with E-state index in [1.165, 1.54) is 18.3 Å². The third-order valence-corrected chi connectivity index (χ3v) is 4.40. The van der Waals surface area contributed by atoms with Gasteiger partial charge in [-0.15, -0.1) is 0 Å². The number of hydrazone groups is 1. The molecule has 8 heteroatoms. The minimum atomic E-state index is -0.970. The van der Waals surface area contributed by atoms with Crippen LogP contribution in [0, 0.1) is 0 Å². The summed E-state index contributed by atoms with van der Waals surface area (Å²) in [4.78, 5) is 36.8. The highest BCUT2D eigenvalue weighted by Gasteiger charge is 2.17. The van der Waals surface area contributed by atoms with Crippen molar-refractivity contribution in [3.05, 3.63) is 101 Å². The van der Waals surface area contributed by atoms with Gasteiger partial charge in [-0.05, 0) is 48.0 Å². The molecule has 0 saturated carbocycles. The molecule has 0 fully saturated rings. The minimum absolute atomic E-state index is 0.187. The molecule has 0 saturated heterocycles. The summed E-state index contributed by atoms with van der Waals surface area (Å²) >= 11 is 5.85. The normalized spacial score (nSPS) is 10.8. The van der Waals surface area contributed by atoms with Gasteiger partial charge >= 0.3 is 11.8 Å². The number of carbonyl (C=O) groups excluding carboxylic acids is 3. The maximum atomic E-state index is 12.6. The summed E-state index contributed by atoms with van der Waals surface area (Å²) in [7, 11) is 0. The number of para-hydroxylation sites is 1. The number of anilines is 2. The number of hydrogen-bond donors (Lipinski definition) is 3. The Balaban J connectivity index is 1.58. The van der Waals surface area contributed by atoms with Crippen LogP contribution in [0.25, 0.3) is 6.08 Å². The number of halogens is 1. The monoisotopic (exact) mass is 446 g/mol. The summed E-state index contributed by atoms with van der Waals surface area (Å²) in [5, 5.41) is 9.39. The number of hydrogen-bond acceptors (Lipinski definition) is 4. The third kappa shape index (κ3) is 6.65. The van der Waals surface area contributed by atoms with Gasteiger partial charge in [-0.1, -0.05) is 60.1 Å². The first-order valence-corrected chi connectivity index (χ1v) is 9.93. The summed E-state index contributed by atoms with van der Waals surface area (Å²) in [6.07, 6.45) is 4.78. The molecule has 160 valence electrons. The Morgan fingerprint density at radius 3 is 2.22 bits per heavy atom. The van der Waals surface area contributed by atoms with E-state index in [4.69, 9.17) is 11.6 Å². The number of benzene rings is 3. The molecular formula is C24H19ClN4O3. The van der Waals surface area contributed by atoms with Crippen LogP contribution in [-0.2, 0) is 9.59 Å². The zero-order valence-corrected chi connectivity index (χ0v) is 17.5. The fourth-order valence-corrected chi connectivity index (χ4v) is 2.73. The van der Waals surface area contributed by atoms with E-state index < -0.39 is 17.7 Å². The van der Waals surface area contributed by atoms with Gasteiger partial charge in [0, 0.05) is 16.9 Å². The second-order valence-electron chi connectivity index (χ2n) is 6.45. The quantitative estimate of drug-likeness (QED) is 0.298. The van der Waals surface area contributed by atoms with Gasteiger partial charge in [0.15, 0.2) is 0 Å². The first-order chi connectivity index (χ1) is 15.5. The van der Waals surface area contributed by atoms with Crippen LogP contribution in [0.1, 0.15) is 15.9 Å². The first kappa shape index (κ1) is 22.5. The van der Waals surface area contributed by atoms with Gasteiger partial charge in [-0.2, -0.15) is 5.10 Å². The zero-order valence-electron chi connectivity index (χ0n) is 16.8. The van der Waals surface area contributed by atoms with Gasteiger partial charge in [0.1, 0.15) is 0 Å². The van der Waals surface area contributed by atoms with Gasteiger partial charge in [0.25, 0.3) is 5.91 Å². The molecule has 32 heavy (non-hydrogen) atoms. The molecule has 0 spiro atoms. The minimum Gasteiger partial charge on any atom is -0.322 e. The largest absolute Gasteiger partial charge is 0.329 e. The van der Waals surface area contributed by atoms with Crippen LogP contribution in [0.5, 0.6) is 0 Å². The average Bonchev–Trinajstić information content (AvgIpc) is 2.81. The van der Waals surface area contributed by atoms with E-state index in [1.807, 2.05) is 30.3 Å². The highest BCUT2D eigenvalue weighted by Crippen LogP contribution is 2.19. The van der Waals surface area contributed by atoms with Gasteiger partial charge < -0.3 is 10.6 Å². The van der Waals surface area contributed by atoms with Crippen molar-refractivity contribution >= 4 is 53.0 Å². The molecule has 3 N–H and O–H groups in total. The number of allylic oxidation sites excluding steroid dienone is 1. The van der Waals surface area contributed by atoms with Crippen molar-refractivity contribution in [3.63, 3.8) is 0 Å². The molecule has 0 bridgehead atoms. The van der Waals surface area contributed by atoms with Crippen LogP contribution in [0.2, 0.25) is 5.02 Å². The van der Waals surface area contributed by atoms with Crippen molar-refractivity contribution in [3.8, 4) is 0 Å². The SMILES string of the molecule is O=C(NN=CC=Cc1ccccc1)C(=O)Nc1ccccc1C(=O)Nc1ccc(Cl)cc1. The summed E-state index contributed by atoms with van der Waals surface area (Å²) in [6, 6.07) is 22.5. The molecule has 3 aromatic carbocycles. The lowest BCUT2D eigenvalue weighted by atomic mass is 10.1. The third-order valence-electron chi connectivity index (χ3n) is 4.14. The van der Waals surface area contributed by atoms with E-state index in [2.05, 4.69) is 21.2 Å². The van der Waals surface area contributed by atoms with E-state index in [-0.39, 0.29) is 11.3 Å². The summed E-state index contributed by atoms with van der Waals surface area (Å²) in [5.74, 6) is -2.38. The first-order valence-electron chi connectivity index (χ1n) is 9.55. The fraction of sp³-hybridized carbons (Fsp3) is 0. The highest BCUT2D eigenvalue weighted by molar-refractivity contribution is 6.40. The molecule has 0 unspecified atom stereocenters. The molecule has 0 aliphatic heterocycles. The maximum Gasteiger partial charge on any atom is 0.329 e. The summed E-state index contributed by atoms with van der Waals surface area (Å²) in [5.41, 5.74) is 4.02. The molecule has 0 aromatic heterocycles. The van der Waals surface area contributed by atoms with Crippen molar-refractivity contribution < 1.29 is 14.4 Å². The molecule has 7 nitrogen and oxygen atoms in total. The van der Waals surface area contributed by atoms with Crippen LogP contribution >= 0.6 is 11.6 Å². The Kier molecular flexibility index (Phi) is 7.89. The summed E-state index contributed by atoms with van der Waals surface area (Å²) < 4.78 is 0. The van der Waals surface area contributed by atoms with Gasteiger partial charge in [-0.25, -0.2) is 5.43 Å². The lowest BCUT2D eigenvalue weighted by Crippen LogP contribution is -2.33. The van der Waals surface area contributed by atoms with E-state index in [0.29, 0.717) is 10.7 Å². The van der Waals surface area contributed by atoms with Crippen molar-refractivity contribution in [2.45, 2.75) is 0 Å². The van der Waals surface area contributed by atoms with Crippen molar-refractivity contribution in [1.29, 1.82) is 0 Å². The highest BCUT2D eigenvalue weighted by atomic mass is 35.5. The van der Waals surface area contributed by atoms with E-state index in [1.54, 1.807) is 48.6 Å². The average molecular weight is 447 g/mol. The molecule has 3 rings (SSSR count). The van der Waals surface area contributed by atoms with Crippen LogP contribution in [0.3, 0.4) is 0 Å². The Hall–Kier alpha value is -4.23. The molecule has 0 atom stereocenters. The number of rotatable bonds is 6. The zero-order chi connectivity index (χ0) is 22.8. The topological polar surface area (TPSA) is 99.7 Å². The van der Waals surface area contributed by atoms with E-state index in [0.717, 1.165) is 5.56 Å². The number of nitrogens with one attached hydrogen (secondary N) is 3. The molecule has 0 heterocycles. The lowest BCUT2D eigenvalue weighted by molar-refractivity contribution is -0.136. The number of carbonyl (C=O) groups is 3. The second-order valence-corrected chi connectivity index (χ2v) is 6.89. The lowest BCUT2D eigenvalue weighted by Gasteiger charge is -2.11. The van der Waals surface area contributed by atoms with Crippen LogP contribution in [-0.4, -0.2) is 23.9 Å². The molecule has 3 amide bonds. The Labute approximate surface area is 189 Å². The Morgan fingerprint density at radius 2 is 1.47 bits per heavy atom. The van der Waals surface area contributed by atoms with Crippen LogP contribution < -0.4 is 16.1 Å². The number of amides is 3. The predicted octanol–water partition coefficient (Wildman–Crippen LogP) is 4.35. The predicted molar refractivity (Wildman–Crippen MR) is 127 cm³/mol.